The fourth-order valence-electron chi connectivity index (χ4n) is 4.55. The molecule has 0 radical (unpaired) electrons. The number of nitrogens with zero attached hydrogens (tertiary/aromatic N) is 3. The summed E-state index contributed by atoms with van der Waals surface area (Å²) in [6.07, 6.45) is 0.981. The van der Waals surface area contributed by atoms with Crippen LogP contribution >= 0.6 is 0 Å². The van der Waals surface area contributed by atoms with Crippen molar-refractivity contribution < 1.29 is 23.9 Å². The van der Waals surface area contributed by atoms with Gasteiger partial charge in [0.1, 0.15) is 17.3 Å². The van der Waals surface area contributed by atoms with Gasteiger partial charge in [0.05, 0.1) is 0 Å². The van der Waals surface area contributed by atoms with Crippen molar-refractivity contribution in [3.63, 3.8) is 0 Å². The van der Waals surface area contributed by atoms with E-state index >= 15 is 0 Å². The molecule has 0 unspecified atom stereocenters. The smallest absolute Gasteiger partial charge is 0.410 e. The molecule has 9 nitrogen and oxygen atoms in total. The predicted octanol–water partition coefficient (Wildman–Crippen LogP) is 2.52. The van der Waals surface area contributed by atoms with E-state index in [9.17, 15) is 19.2 Å². The molecule has 1 aromatic heterocycles. The van der Waals surface area contributed by atoms with Gasteiger partial charge in [-0.25, -0.2) is 4.79 Å². The first-order chi connectivity index (χ1) is 14.9. The maximum absolute atomic E-state index is 13.3. The van der Waals surface area contributed by atoms with Crippen LogP contribution in [0.2, 0.25) is 0 Å². The first kappa shape index (κ1) is 23.8. The number of H-pyrrole nitrogens is 1. The highest BCUT2D eigenvalue weighted by atomic mass is 16.6. The van der Waals surface area contributed by atoms with Gasteiger partial charge in [0.25, 0.3) is 5.91 Å². The van der Waals surface area contributed by atoms with Crippen molar-refractivity contribution >= 4 is 23.7 Å². The third-order valence-corrected chi connectivity index (χ3v) is 6.05. The molecular formula is C23H34N4O5. The first-order valence-corrected chi connectivity index (χ1v) is 11.2. The van der Waals surface area contributed by atoms with Crippen LogP contribution in [0.1, 0.15) is 72.6 Å². The van der Waals surface area contributed by atoms with Gasteiger partial charge in [-0.15, -0.1) is 0 Å². The number of ketones is 1. The zero-order valence-electron chi connectivity index (χ0n) is 19.9. The number of hydrogen-bond donors (Lipinski definition) is 1. The quantitative estimate of drug-likeness (QED) is 0.719. The third kappa shape index (κ3) is 4.81. The average Bonchev–Trinajstić information content (AvgIpc) is 3.30. The summed E-state index contributed by atoms with van der Waals surface area (Å²) in [5.41, 5.74) is 1.64. The summed E-state index contributed by atoms with van der Waals surface area (Å²) >= 11 is 0. The van der Waals surface area contributed by atoms with E-state index in [1.54, 1.807) is 28.5 Å². The van der Waals surface area contributed by atoms with E-state index in [1.165, 1.54) is 6.92 Å². The second-order valence-corrected chi connectivity index (χ2v) is 9.63. The van der Waals surface area contributed by atoms with E-state index in [-0.39, 0.29) is 23.7 Å². The lowest BCUT2D eigenvalue weighted by molar-refractivity contribution is -0.137. The molecule has 9 heteroatoms. The fourth-order valence-corrected chi connectivity index (χ4v) is 4.55. The number of hydrogen-bond acceptors (Lipinski definition) is 5. The lowest BCUT2D eigenvalue weighted by Gasteiger charge is -2.37. The van der Waals surface area contributed by atoms with E-state index < -0.39 is 11.6 Å². The molecule has 3 heterocycles. The summed E-state index contributed by atoms with van der Waals surface area (Å²) in [6.45, 7) is 12.6. The van der Waals surface area contributed by atoms with Crippen LogP contribution in [0.15, 0.2) is 0 Å². The zero-order valence-corrected chi connectivity index (χ0v) is 19.9. The van der Waals surface area contributed by atoms with Crippen molar-refractivity contribution in [2.24, 2.45) is 0 Å². The number of rotatable bonds is 3. The molecule has 3 rings (SSSR count). The van der Waals surface area contributed by atoms with Gasteiger partial charge in [0.2, 0.25) is 5.91 Å². The molecule has 1 N–H and O–H groups in total. The number of aromatic nitrogens is 1. The summed E-state index contributed by atoms with van der Waals surface area (Å²) in [6, 6.07) is -0.528. The maximum Gasteiger partial charge on any atom is 0.410 e. The minimum Gasteiger partial charge on any atom is -0.444 e. The Morgan fingerprint density at radius 2 is 1.56 bits per heavy atom. The number of aromatic amines is 1. The number of carbonyl (C=O) groups is 4. The number of amides is 3. The summed E-state index contributed by atoms with van der Waals surface area (Å²) in [4.78, 5) is 58.7. The molecule has 32 heavy (non-hydrogen) atoms. The Morgan fingerprint density at radius 1 is 0.969 bits per heavy atom. The number of Topliss-reactive ketones (excluding diaryl/α,β-unsaturated/α-hetero) is 1. The molecule has 0 spiro atoms. The van der Waals surface area contributed by atoms with Gasteiger partial charge in [-0.2, -0.15) is 0 Å². The number of carbonyl (C=O) groups excluding carboxylic acids is 4. The number of piperazine rings is 1. The normalized spacial score (nSPS) is 19.3. The van der Waals surface area contributed by atoms with Gasteiger partial charge in [-0.1, -0.05) is 0 Å². The molecule has 0 saturated carbocycles. The van der Waals surface area contributed by atoms with Gasteiger partial charge in [-0.3, -0.25) is 14.4 Å². The van der Waals surface area contributed by atoms with Crippen LogP contribution in [0.5, 0.6) is 0 Å². The highest BCUT2D eigenvalue weighted by Gasteiger charge is 2.39. The summed E-state index contributed by atoms with van der Waals surface area (Å²) in [5, 5.41) is 0. The Balaban J connectivity index is 1.67. The number of nitrogens with one attached hydrogen (secondary N) is 1. The van der Waals surface area contributed by atoms with E-state index in [0.29, 0.717) is 61.7 Å². The third-order valence-electron chi connectivity index (χ3n) is 6.05. The first-order valence-electron chi connectivity index (χ1n) is 11.2. The maximum atomic E-state index is 13.3. The largest absolute Gasteiger partial charge is 0.444 e. The Labute approximate surface area is 189 Å². The number of aryl methyl sites for hydroxylation is 1. The minimum absolute atomic E-state index is 0.0904. The Bertz CT molecular complexity index is 922. The lowest BCUT2D eigenvalue weighted by Crippen LogP contribution is -2.55. The Kier molecular flexibility index (Phi) is 6.67. The predicted molar refractivity (Wildman–Crippen MR) is 119 cm³/mol. The van der Waals surface area contributed by atoms with Gasteiger partial charge >= 0.3 is 6.09 Å². The highest BCUT2D eigenvalue weighted by Crippen LogP contribution is 2.26. The van der Waals surface area contributed by atoms with Gasteiger partial charge < -0.3 is 24.4 Å². The molecule has 2 aliphatic rings. The molecule has 3 amide bonds. The van der Waals surface area contributed by atoms with Gasteiger partial charge in [-0.05, 0) is 59.9 Å². The minimum atomic E-state index is -0.564. The molecular weight excluding hydrogens is 412 g/mol. The highest BCUT2D eigenvalue weighted by molar-refractivity contribution is 6.03. The monoisotopic (exact) mass is 446 g/mol. The number of likely N-dealkylation sites (tertiary alicyclic amines) is 1. The number of ether oxygens (including phenoxy) is 1. The standard InChI is InChI=1S/C23H34N4O5/c1-14-18(16(3)28)15(2)24-19(14)21(30)27-9-7-8-17(27)20(29)25-10-12-26(13-11-25)22(31)32-23(4,5)6/h17,24H,7-13H2,1-6H3/t17-/m0/s1. The van der Waals surface area contributed by atoms with Crippen LogP contribution in [0, 0.1) is 13.8 Å². The topological polar surface area (TPSA) is 103 Å². The van der Waals surface area contributed by atoms with E-state index in [2.05, 4.69) is 4.98 Å². The van der Waals surface area contributed by atoms with Crippen molar-refractivity contribution in [1.29, 1.82) is 0 Å². The lowest BCUT2D eigenvalue weighted by atomic mass is 10.1. The fraction of sp³-hybridized carbons (Fsp3) is 0.652. The van der Waals surface area contributed by atoms with Crippen molar-refractivity contribution in [2.75, 3.05) is 32.7 Å². The van der Waals surface area contributed by atoms with E-state index in [1.807, 2.05) is 20.8 Å². The molecule has 2 aliphatic heterocycles. The Hall–Kier alpha value is -2.84. The molecule has 0 aliphatic carbocycles. The molecule has 0 bridgehead atoms. The summed E-state index contributed by atoms with van der Waals surface area (Å²) in [5.74, 6) is -0.430. The second-order valence-electron chi connectivity index (χ2n) is 9.63. The molecule has 1 aromatic rings. The second kappa shape index (κ2) is 8.96. The molecule has 0 aromatic carbocycles. The van der Waals surface area contributed by atoms with Crippen molar-refractivity contribution in [2.45, 2.75) is 66.0 Å². The molecule has 1 atom stereocenters. The van der Waals surface area contributed by atoms with Crippen molar-refractivity contribution in [3.8, 4) is 0 Å². The van der Waals surface area contributed by atoms with E-state index in [0.717, 1.165) is 6.42 Å². The average molecular weight is 447 g/mol. The molecule has 2 saturated heterocycles. The van der Waals surface area contributed by atoms with Crippen LogP contribution in [-0.4, -0.2) is 87.7 Å². The summed E-state index contributed by atoms with van der Waals surface area (Å²) < 4.78 is 5.41. The van der Waals surface area contributed by atoms with Crippen molar-refractivity contribution in [3.05, 3.63) is 22.5 Å². The van der Waals surface area contributed by atoms with Crippen molar-refractivity contribution in [1.82, 2.24) is 19.7 Å². The van der Waals surface area contributed by atoms with Gasteiger partial charge in [0.15, 0.2) is 5.78 Å². The van der Waals surface area contributed by atoms with Crippen LogP contribution < -0.4 is 0 Å². The molecule has 176 valence electrons. The Morgan fingerprint density at radius 3 is 2.09 bits per heavy atom. The van der Waals surface area contributed by atoms with Crippen LogP contribution in [0.25, 0.3) is 0 Å². The van der Waals surface area contributed by atoms with Crippen LogP contribution in [-0.2, 0) is 9.53 Å². The zero-order chi connectivity index (χ0) is 23.8. The SMILES string of the molecule is CC(=O)c1c(C)[nH]c(C(=O)N2CCC[C@H]2C(=O)N2CCN(C(=O)OC(C)(C)C)CC2)c1C. The molecule has 2 fully saturated rings. The van der Waals surface area contributed by atoms with Crippen LogP contribution in [0.3, 0.4) is 0 Å². The van der Waals surface area contributed by atoms with E-state index in [4.69, 9.17) is 4.74 Å². The summed E-state index contributed by atoms with van der Waals surface area (Å²) in [7, 11) is 0. The van der Waals surface area contributed by atoms with Gasteiger partial charge in [0, 0.05) is 44.0 Å². The van der Waals surface area contributed by atoms with Crippen LogP contribution in [0.4, 0.5) is 4.79 Å².